The number of hydrogen-bond donors (Lipinski definition) is 0. The largest absolute Gasteiger partial charge is 0.453 e. The van der Waals surface area contributed by atoms with Gasteiger partial charge in [-0.05, 0) is 11.1 Å². The highest BCUT2D eigenvalue weighted by Gasteiger charge is 2.24. The van der Waals surface area contributed by atoms with Crippen molar-refractivity contribution >= 4 is 11.7 Å². The summed E-state index contributed by atoms with van der Waals surface area (Å²) in [5.41, 5.74) is 0.905. The monoisotopic (exact) mass is 237 g/mol. The van der Waals surface area contributed by atoms with Gasteiger partial charge in [-0.3, -0.25) is 0 Å². The molecule has 0 bridgehead atoms. The van der Waals surface area contributed by atoms with E-state index >= 15 is 0 Å². The van der Waals surface area contributed by atoms with Crippen LogP contribution < -0.4 is 0 Å². The highest BCUT2D eigenvalue weighted by molar-refractivity contribution is 5.73. The molecule has 1 amide bonds. The molecule has 92 valence electrons. The first-order valence-corrected chi connectivity index (χ1v) is 5.38. The lowest BCUT2D eigenvalue weighted by atomic mass is 10.0. The Bertz CT molecular complexity index is 453. The maximum absolute atomic E-state index is 11.5. The summed E-state index contributed by atoms with van der Waals surface area (Å²) < 4.78 is 4.73. The molecule has 1 aromatic rings. The van der Waals surface area contributed by atoms with E-state index in [1.807, 2.05) is 6.92 Å². The summed E-state index contributed by atoms with van der Waals surface area (Å²) in [6, 6.07) is 0. The van der Waals surface area contributed by atoms with Crippen molar-refractivity contribution in [1.29, 1.82) is 0 Å². The maximum atomic E-state index is 11.5. The van der Waals surface area contributed by atoms with Gasteiger partial charge in [0.25, 0.3) is 0 Å². The van der Waals surface area contributed by atoms with E-state index < -0.39 is 0 Å². The number of aryl methyl sites for hydroxylation is 1. The molecule has 17 heavy (non-hydrogen) atoms. The SMILES string of the molecule is COC(=O)N1CC(c2nnn(C)n2)=CC(C)C1. The lowest BCUT2D eigenvalue weighted by Gasteiger charge is -2.28. The molecule has 2 heterocycles. The molecule has 0 spiro atoms. The van der Waals surface area contributed by atoms with Crippen LogP contribution in [0.4, 0.5) is 4.79 Å². The summed E-state index contributed by atoms with van der Waals surface area (Å²) in [5.74, 6) is 0.814. The van der Waals surface area contributed by atoms with E-state index in [1.165, 1.54) is 11.9 Å². The zero-order chi connectivity index (χ0) is 12.4. The molecule has 0 saturated heterocycles. The second-order valence-corrected chi connectivity index (χ2v) is 4.12. The number of amides is 1. The maximum Gasteiger partial charge on any atom is 0.409 e. The minimum absolute atomic E-state index is 0.252. The van der Waals surface area contributed by atoms with Gasteiger partial charge in [-0.1, -0.05) is 13.0 Å². The molecule has 2 rings (SSSR count). The molecule has 0 radical (unpaired) electrons. The number of aromatic nitrogens is 4. The van der Waals surface area contributed by atoms with Gasteiger partial charge in [0.15, 0.2) is 0 Å². The predicted octanol–water partition coefficient (Wildman–Crippen LogP) is 0.312. The summed E-state index contributed by atoms with van der Waals surface area (Å²) in [6.07, 6.45) is 1.74. The number of hydrogen-bond acceptors (Lipinski definition) is 5. The fraction of sp³-hybridized carbons (Fsp3) is 0.600. The Morgan fingerprint density at radius 3 is 2.94 bits per heavy atom. The Labute approximate surface area is 99.0 Å². The molecule has 0 aromatic carbocycles. The van der Waals surface area contributed by atoms with Crippen molar-refractivity contribution in [2.24, 2.45) is 13.0 Å². The summed E-state index contributed by atoms with van der Waals surface area (Å²) in [5, 5.41) is 11.9. The van der Waals surface area contributed by atoms with E-state index in [1.54, 1.807) is 11.9 Å². The number of carbonyl (C=O) groups excluding carboxylic acids is 1. The molecule has 0 fully saturated rings. The van der Waals surface area contributed by atoms with Crippen LogP contribution in [0.25, 0.3) is 5.57 Å². The lowest BCUT2D eigenvalue weighted by molar-refractivity contribution is 0.124. The number of nitrogens with zero attached hydrogens (tertiary/aromatic N) is 5. The molecule has 1 aliphatic rings. The summed E-state index contributed by atoms with van der Waals surface area (Å²) in [6.45, 7) is 3.14. The number of ether oxygens (including phenoxy) is 1. The number of carbonyl (C=O) groups is 1. The van der Waals surface area contributed by atoms with E-state index in [9.17, 15) is 4.79 Å². The van der Waals surface area contributed by atoms with Gasteiger partial charge in [-0.25, -0.2) is 4.79 Å². The van der Waals surface area contributed by atoms with Gasteiger partial charge >= 0.3 is 6.09 Å². The van der Waals surface area contributed by atoms with Crippen LogP contribution in [0.5, 0.6) is 0 Å². The Balaban J connectivity index is 2.20. The topological polar surface area (TPSA) is 73.1 Å². The standard InChI is InChI=1S/C10H15N5O2/c1-7-4-8(9-11-13-14(2)12-9)6-15(5-7)10(16)17-3/h4,7H,5-6H2,1-3H3. The fourth-order valence-electron chi connectivity index (χ4n) is 1.89. The van der Waals surface area contributed by atoms with Gasteiger partial charge in [-0.15, -0.1) is 10.2 Å². The Hall–Kier alpha value is -1.92. The number of tetrazole rings is 1. The lowest BCUT2D eigenvalue weighted by Crippen LogP contribution is -2.38. The normalized spacial score (nSPS) is 20.1. The first-order chi connectivity index (χ1) is 8.10. The Morgan fingerprint density at radius 1 is 1.59 bits per heavy atom. The highest BCUT2D eigenvalue weighted by Crippen LogP contribution is 2.21. The molecule has 7 nitrogen and oxygen atoms in total. The molecule has 1 unspecified atom stereocenters. The average molecular weight is 237 g/mol. The Morgan fingerprint density at radius 2 is 2.35 bits per heavy atom. The van der Waals surface area contributed by atoms with Gasteiger partial charge < -0.3 is 9.64 Å². The first-order valence-electron chi connectivity index (χ1n) is 5.38. The van der Waals surface area contributed by atoms with E-state index in [0.29, 0.717) is 18.9 Å². The third-order valence-corrected chi connectivity index (χ3v) is 2.58. The van der Waals surface area contributed by atoms with Gasteiger partial charge in [0, 0.05) is 12.1 Å². The van der Waals surface area contributed by atoms with E-state index in [4.69, 9.17) is 4.74 Å². The summed E-state index contributed by atoms with van der Waals surface area (Å²) >= 11 is 0. The molecule has 1 aromatic heterocycles. The third-order valence-electron chi connectivity index (χ3n) is 2.58. The second-order valence-electron chi connectivity index (χ2n) is 4.12. The van der Waals surface area contributed by atoms with Gasteiger partial charge in [-0.2, -0.15) is 4.80 Å². The van der Waals surface area contributed by atoms with Crippen LogP contribution in [0.2, 0.25) is 0 Å². The molecule has 0 saturated carbocycles. The van der Waals surface area contributed by atoms with Crippen LogP contribution in [0, 0.1) is 5.92 Å². The molecular formula is C10H15N5O2. The Kier molecular flexibility index (Phi) is 3.08. The predicted molar refractivity (Wildman–Crippen MR) is 59.9 cm³/mol. The van der Waals surface area contributed by atoms with Crippen LogP contribution >= 0.6 is 0 Å². The van der Waals surface area contributed by atoms with Crippen LogP contribution in [-0.4, -0.2) is 51.4 Å². The van der Waals surface area contributed by atoms with Crippen LogP contribution in [0.3, 0.4) is 0 Å². The minimum Gasteiger partial charge on any atom is -0.453 e. The number of methoxy groups -OCH3 is 1. The van der Waals surface area contributed by atoms with Crippen molar-refractivity contribution in [3.8, 4) is 0 Å². The summed E-state index contributed by atoms with van der Waals surface area (Å²) in [4.78, 5) is 14.5. The van der Waals surface area contributed by atoms with Crippen molar-refractivity contribution in [1.82, 2.24) is 25.1 Å². The van der Waals surface area contributed by atoms with Crippen molar-refractivity contribution in [2.75, 3.05) is 20.2 Å². The quantitative estimate of drug-likeness (QED) is 0.703. The van der Waals surface area contributed by atoms with Gasteiger partial charge in [0.1, 0.15) is 0 Å². The van der Waals surface area contributed by atoms with Crippen molar-refractivity contribution in [2.45, 2.75) is 6.92 Å². The van der Waals surface area contributed by atoms with Crippen molar-refractivity contribution in [3.63, 3.8) is 0 Å². The highest BCUT2D eigenvalue weighted by atomic mass is 16.5. The molecular weight excluding hydrogens is 222 g/mol. The van der Waals surface area contributed by atoms with Crippen LogP contribution in [0.1, 0.15) is 12.7 Å². The summed E-state index contributed by atoms with van der Waals surface area (Å²) in [7, 11) is 3.09. The molecule has 0 N–H and O–H groups in total. The zero-order valence-corrected chi connectivity index (χ0v) is 10.1. The van der Waals surface area contributed by atoms with Crippen molar-refractivity contribution in [3.05, 3.63) is 11.9 Å². The van der Waals surface area contributed by atoms with Gasteiger partial charge in [0.2, 0.25) is 5.82 Å². The zero-order valence-electron chi connectivity index (χ0n) is 10.1. The number of rotatable bonds is 1. The molecule has 1 atom stereocenters. The smallest absolute Gasteiger partial charge is 0.409 e. The third kappa shape index (κ3) is 2.43. The first kappa shape index (κ1) is 11.6. The minimum atomic E-state index is -0.327. The molecule has 7 heteroatoms. The van der Waals surface area contributed by atoms with Gasteiger partial charge in [0.05, 0.1) is 20.7 Å². The fourth-order valence-corrected chi connectivity index (χ4v) is 1.89. The molecule has 0 aliphatic carbocycles. The molecule has 1 aliphatic heterocycles. The van der Waals surface area contributed by atoms with E-state index in [0.717, 1.165) is 5.57 Å². The van der Waals surface area contributed by atoms with E-state index in [-0.39, 0.29) is 12.0 Å². The van der Waals surface area contributed by atoms with E-state index in [2.05, 4.69) is 21.5 Å². The van der Waals surface area contributed by atoms with Crippen LogP contribution in [-0.2, 0) is 11.8 Å². The van der Waals surface area contributed by atoms with Crippen LogP contribution in [0.15, 0.2) is 6.08 Å². The average Bonchev–Trinajstić information content (AvgIpc) is 2.74. The second kappa shape index (κ2) is 4.52. The van der Waals surface area contributed by atoms with Crippen molar-refractivity contribution < 1.29 is 9.53 Å².